The standard InChI is InChI=1S/C12H27P.2C2H3.Cu.Li/c1-4-7-10-13(11-8-5-2)12-9-6-3;2*1-2;;/h4-12H2,1-3H3;2*1H,2H2;;/q;2*-1;2*+1. The average Bonchev–Trinajstić information content (AvgIpc) is 2.42. The van der Waals surface area contributed by atoms with Crippen molar-refractivity contribution in [2.75, 3.05) is 18.5 Å². The Bertz CT molecular complexity index is 102. The Labute approximate surface area is 147 Å². The van der Waals surface area contributed by atoms with Crippen molar-refractivity contribution >= 4 is 7.92 Å². The maximum atomic E-state index is 4.25. The van der Waals surface area contributed by atoms with Gasteiger partial charge in [-0.1, -0.05) is 40.0 Å². The van der Waals surface area contributed by atoms with E-state index in [2.05, 4.69) is 47.1 Å². The molecular formula is C16H33CuLiP. The molecule has 0 aromatic carbocycles. The largest absolute Gasteiger partial charge is 1.00 e. The smallest absolute Gasteiger partial charge is 0.521 e. The predicted octanol–water partition coefficient (Wildman–Crippen LogP) is 3.08. The summed E-state index contributed by atoms with van der Waals surface area (Å²) in [6, 6.07) is 0. The van der Waals surface area contributed by atoms with Crippen LogP contribution in [0.15, 0.2) is 13.2 Å². The number of hydrogen-bond acceptors (Lipinski definition) is 0. The third-order valence-electron chi connectivity index (χ3n) is 2.48. The molecule has 0 aliphatic heterocycles. The predicted molar refractivity (Wildman–Crippen MR) is 86.1 cm³/mol. The van der Waals surface area contributed by atoms with Crippen molar-refractivity contribution in [3.8, 4) is 0 Å². The molecule has 19 heavy (non-hydrogen) atoms. The second-order valence-corrected chi connectivity index (χ2v) is 6.59. The monoisotopic (exact) mass is 326 g/mol. The summed E-state index contributed by atoms with van der Waals surface area (Å²) in [4.78, 5) is 0. The van der Waals surface area contributed by atoms with E-state index in [9.17, 15) is 0 Å². The van der Waals surface area contributed by atoms with Crippen molar-refractivity contribution < 1.29 is 35.9 Å². The molecule has 0 saturated carbocycles. The minimum Gasteiger partial charge on any atom is -0.521 e. The van der Waals surface area contributed by atoms with Crippen molar-refractivity contribution in [1.82, 2.24) is 0 Å². The van der Waals surface area contributed by atoms with Crippen LogP contribution in [0.4, 0.5) is 0 Å². The molecule has 0 aromatic heterocycles. The zero-order valence-electron chi connectivity index (χ0n) is 13.7. The Morgan fingerprint density at radius 3 is 1.05 bits per heavy atom. The van der Waals surface area contributed by atoms with Gasteiger partial charge in [-0.3, -0.25) is 13.2 Å². The summed E-state index contributed by atoms with van der Waals surface area (Å²) in [5.74, 6) is 0. The van der Waals surface area contributed by atoms with Gasteiger partial charge in [0.1, 0.15) is 0 Å². The molecule has 0 amide bonds. The third-order valence-corrected chi connectivity index (χ3v) is 5.33. The van der Waals surface area contributed by atoms with E-state index in [1.54, 1.807) is 18.5 Å². The van der Waals surface area contributed by atoms with Gasteiger partial charge in [0.25, 0.3) is 0 Å². The van der Waals surface area contributed by atoms with Gasteiger partial charge in [-0.05, 0) is 37.7 Å². The van der Waals surface area contributed by atoms with E-state index in [0.29, 0.717) is 7.92 Å². The molecule has 0 nitrogen and oxygen atoms in total. The Morgan fingerprint density at radius 1 is 0.684 bits per heavy atom. The Hall–Kier alpha value is 1.03. The van der Waals surface area contributed by atoms with Crippen LogP contribution in [0.25, 0.3) is 0 Å². The normalized spacial score (nSPS) is 8.00. The van der Waals surface area contributed by atoms with Crippen molar-refractivity contribution in [1.29, 1.82) is 0 Å². The summed E-state index contributed by atoms with van der Waals surface area (Å²) in [7, 11) is 0.422. The summed E-state index contributed by atoms with van der Waals surface area (Å²) in [6.07, 6.45) is 13.2. The minimum atomic E-state index is 0. The summed E-state index contributed by atoms with van der Waals surface area (Å²) >= 11 is 0. The molecule has 0 atom stereocenters. The molecule has 0 aliphatic carbocycles. The van der Waals surface area contributed by atoms with Gasteiger partial charge in [-0.2, -0.15) is 0 Å². The molecular weight excluding hydrogens is 294 g/mol. The van der Waals surface area contributed by atoms with Crippen LogP contribution < -0.4 is 18.9 Å². The van der Waals surface area contributed by atoms with Crippen LogP contribution in [-0.2, 0) is 17.1 Å². The minimum absolute atomic E-state index is 0. The number of rotatable bonds is 9. The van der Waals surface area contributed by atoms with Crippen molar-refractivity contribution in [2.24, 2.45) is 0 Å². The van der Waals surface area contributed by atoms with Gasteiger partial charge in [0.2, 0.25) is 0 Å². The molecule has 0 fully saturated rings. The Morgan fingerprint density at radius 2 is 0.895 bits per heavy atom. The molecule has 0 unspecified atom stereocenters. The Balaban J connectivity index is -0.0000000988. The van der Waals surface area contributed by atoms with Crippen LogP contribution in [0.5, 0.6) is 0 Å². The second kappa shape index (κ2) is 36.4. The molecule has 0 aromatic rings. The topological polar surface area (TPSA) is 0 Å². The summed E-state index contributed by atoms with van der Waals surface area (Å²) < 4.78 is 0. The van der Waals surface area contributed by atoms with Crippen LogP contribution in [0.2, 0.25) is 0 Å². The summed E-state index contributed by atoms with van der Waals surface area (Å²) in [5, 5.41) is 0. The summed E-state index contributed by atoms with van der Waals surface area (Å²) in [5.41, 5.74) is 0. The maximum absolute atomic E-state index is 4.25. The average molecular weight is 327 g/mol. The first-order chi connectivity index (χ1) is 8.35. The van der Waals surface area contributed by atoms with E-state index in [1.807, 2.05) is 0 Å². The molecule has 0 rings (SSSR count). The van der Waals surface area contributed by atoms with Gasteiger partial charge in [0.15, 0.2) is 0 Å². The molecule has 3 heteroatoms. The van der Waals surface area contributed by atoms with E-state index < -0.39 is 0 Å². The summed E-state index contributed by atoms with van der Waals surface area (Å²) in [6.45, 7) is 20.9. The maximum Gasteiger partial charge on any atom is 1.00 e. The first kappa shape index (κ1) is 32.1. The molecule has 0 bridgehead atoms. The fourth-order valence-corrected chi connectivity index (χ4v) is 4.44. The third kappa shape index (κ3) is 32.5. The quantitative estimate of drug-likeness (QED) is 0.347. The molecule has 0 spiro atoms. The number of unbranched alkanes of at least 4 members (excludes halogenated alkanes) is 3. The first-order valence-corrected chi connectivity index (χ1v) is 8.78. The van der Waals surface area contributed by atoms with Crippen molar-refractivity contribution in [3.63, 3.8) is 0 Å². The van der Waals surface area contributed by atoms with E-state index in [-0.39, 0.29) is 35.9 Å². The van der Waals surface area contributed by atoms with E-state index in [1.165, 1.54) is 38.5 Å². The fourth-order valence-electron chi connectivity index (χ4n) is 1.48. The van der Waals surface area contributed by atoms with E-state index in [4.69, 9.17) is 0 Å². The van der Waals surface area contributed by atoms with Crippen LogP contribution in [0.1, 0.15) is 59.3 Å². The van der Waals surface area contributed by atoms with Crippen molar-refractivity contribution in [2.45, 2.75) is 59.3 Å². The molecule has 0 radical (unpaired) electrons. The Kier molecular flexibility index (Phi) is 61.6. The van der Waals surface area contributed by atoms with Gasteiger partial charge in [0.05, 0.1) is 0 Å². The van der Waals surface area contributed by atoms with Gasteiger partial charge >= 0.3 is 35.9 Å². The van der Waals surface area contributed by atoms with E-state index >= 15 is 0 Å². The zero-order valence-corrected chi connectivity index (χ0v) is 15.5. The van der Waals surface area contributed by atoms with Crippen LogP contribution in [-0.4, -0.2) is 18.5 Å². The zero-order chi connectivity index (χ0) is 13.9. The van der Waals surface area contributed by atoms with Crippen LogP contribution in [0, 0.1) is 13.2 Å². The molecule has 0 heterocycles. The van der Waals surface area contributed by atoms with Gasteiger partial charge in [-0.15, -0.1) is 7.92 Å². The van der Waals surface area contributed by atoms with Crippen LogP contribution >= 0.6 is 7.92 Å². The van der Waals surface area contributed by atoms with Gasteiger partial charge in [0, 0.05) is 0 Å². The molecule has 114 valence electrons. The van der Waals surface area contributed by atoms with Gasteiger partial charge < -0.3 is 13.2 Å². The molecule has 0 aliphatic rings. The number of hydrogen-bond donors (Lipinski definition) is 0. The van der Waals surface area contributed by atoms with E-state index in [0.717, 1.165) is 0 Å². The first-order valence-electron chi connectivity index (χ1n) is 6.89. The van der Waals surface area contributed by atoms with Gasteiger partial charge in [-0.25, -0.2) is 0 Å². The molecule has 0 N–H and O–H groups in total. The van der Waals surface area contributed by atoms with Crippen LogP contribution in [0.3, 0.4) is 0 Å². The molecule has 0 saturated heterocycles. The SMILES string of the molecule is CCCCP(CCCC)CCCC.[CH-]=C.[CH-]=C.[Cu+].[Li+]. The van der Waals surface area contributed by atoms with Crippen molar-refractivity contribution in [3.05, 3.63) is 26.3 Å². The second-order valence-electron chi connectivity index (χ2n) is 3.90. The fraction of sp³-hybridized carbons (Fsp3) is 0.750.